The summed E-state index contributed by atoms with van der Waals surface area (Å²) in [6, 6.07) is 0. The molecule has 0 spiro atoms. The predicted octanol–water partition coefficient (Wildman–Crippen LogP) is -0.685. The van der Waals surface area contributed by atoms with Crippen molar-refractivity contribution in [2.24, 2.45) is 0 Å². The fourth-order valence-corrected chi connectivity index (χ4v) is 1.96. The van der Waals surface area contributed by atoms with Crippen LogP contribution in [0.25, 0.3) is 0 Å². The van der Waals surface area contributed by atoms with Crippen molar-refractivity contribution in [2.45, 2.75) is 5.88 Å². The van der Waals surface area contributed by atoms with Crippen LogP contribution in [0, 0.1) is 0 Å². The average molecular weight is 224 g/mol. The Hall–Kier alpha value is -0.890. The highest BCUT2D eigenvalue weighted by molar-refractivity contribution is 7.89. The molecule has 0 unspecified atom stereocenters. The summed E-state index contributed by atoms with van der Waals surface area (Å²) in [7, 11) is -1.88. The first kappa shape index (κ1) is 10.2. The van der Waals surface area contributed by atoms with Crippen LogP contribution in [0.3, 0.4) is 0 Å². The van der Waals surface area contributed by atoms with Gasteiger partial charge in [0.1, 0.15) is 5.88 Å². The maximum Gasteiger partial charge on any atom is 0.329 e. The quantitative estimate of drug-likeness (QED) is 0.679. The van der Waals surface area contributed by atoms with Gasteiger partial charge in [-0.2, -0.15) is 0 Å². The highest BCUT2D eigenvalue weighted by Gasteiger charge is 2.10. The zero-order chi connectivity index (χ0) is 10.1. The van der Waals surface area contributed by atoms with Gasteiger partial charge in [-0.1, -0.05) is 0 Å². The number of nitrogens with zero attached hydrogens (tertiary/aromatic N) is 2. The number of rotatable bonds is 3. The molecule has 0 saturated carbocycles. The standard InChI is InChI=1S/C5H8N2O4S2/c1-11-4-6-7(5(8)12-4)3-13(2,9)10/h3H2,1-2H3. The zero-order valence-corrected chi connectivity index (χ0v) is 8.68. The van der Waals surface area contributed by atoms with Crippen LogP contribution < -0.4 is 9.61 Å². The molecule has 0 fully saturated rings. The second-order valence-electron chi connectivity index (χ2n) is 2.39. The lowest BCUT2D eigenvalue weighted by molar-refractivity contribution is 0.400. The van der Waals surface area contributed by atoms with Crippen LogP contribution in [0.2, 0.25) is 0 Å². The monoisotopic (exact) mass is 224 g/mol. The van der Waals surface area contributed by atoms with Crippen LogP contribution in [0.1, 0.15) is 0 Å². The van der Waals surface area contributed by atoms with Crippen molar-refractivity contribution >= 4 is 21.2 Å². The fourth-order valence-electron chi connectivity index (χ4n) is 0.673. The summed E-state index contributed by atoms with van der Waals surface area (Å²) in [5.41, 5.74) is 0. The molecule has 0 aromatic carbocycles. The maximum absolute atomic E-state index is 11.1. The van der Waals surface area contributed by atoms with Gasteiger partial charge in [0.25, 0.3) is 5.19 Å². The molecule has 8 heteroatoms. The Morgan fingerprint density at radius 1 is 1.62 bits per heavy atom. The normalized spacial score (nSPS) is 11.5. The lowest BCUT2D eigenvalue weighted by Crippen LogP contribution is -2.19. The number of aromatic nitrogens is 2. The van der Waals surface area contributed by atoms with Gasteiger partial charge in [-0.05, 0) is 11.3 Å². The van der Waals surface area contributed by atoms with Gasteiger partial charge in [0.05, 0.1) is 7.11 Å². The van der Waals surface area contributed by atoms with Crippen molar-refractivity contribution in [3.8, 4) is 5.19 Å². The Morgan fingerprint density at radius 3 is 2.62 bits per heavy atom. The minimum Gasteiger partial charge on any atom is -0.472 e. The summed E-state index contributed by atoms with van der Waals surface area (Å²) < 4.78 is 27.2. The highest BCUT2D eigenvalue weighted by Crippen LogP contribution is 2.07. The Balaban J connectivity index is 3.03. The van der Waals surface area contributed by atoms with Crippen molar-refractivity contribution in [3.05, 3.63) is 9.67 Å². The summed E-state index contributed by atoms with van der Waals surface area (Å²) in [4.78, 5) is 10.6. The average Bonchev–Trinajstić information content (AvgIpc) is 2.29. The van der Waals surface area contributed by atoms with Gasteiger partial charge in [0.2, 0.25) is 0 Å². The van der Waals surface area contributed by atoms with Crippen LogP contribution >= 0.6 is 11.3 Å². The molecule has 6 nitrogen and oxygen atoms in total. The van der Waals surface area contributed by atoms with Crippen LogP contribution in [0.15, 0.2) is 4.79 Å². The van der Waals surface area contributed by atoms with Gasteiger partial charge in [-0.3, -0.25) is 4.79 Å². The Labute approximate surface area is 78.7 Å². The lowest BCUT2D eigenvalue weighted by Gasteiger charge is -1.95. The van der Waals surface area contributed by atoms with E-state index in [-0.39, 0.29) is 5.19 Å². The summed E-state index contributed by atoms with van der Waals surface area (Å²) in [6.45, 7) is 0. The Kier molecular flexibility index (Phi) is 2.71. The van der Waals surface area contributed by atoms with E-state index in [9.17, 15) is 13.2 Å². The summed E-state index contributed by atoms with van der Waals surface area (Å²) in [6.07, 6.45) is 1.03. The largest absolute Gasteiger partial charge is 0.472 e. The van der Waals surface area contributed by atoms with Crippen molar-refractivity contribution in [2.75, 3.05) is 13.4 Å². The second-order valence-corrected chi connectivity index (χ2v) is 5.40. The highest BCUT2D eigenvalue weighted by atomic mass is 32.2. The molecule has 1 aromatic heterocycles. The topological polar surface area (TPSA) is 78.3 Å². The molecule has 0 saturated heterocycles. The SMILES string of the molecule is COc1nn(CS(C)(=O)=O)c(=O)s1. The van der Waals surface area contributed by atoms with Crippen LogP contribution in [-0.4, -0.2) is 31.6 Å². The minimum absolute atomic E-state index is 0.161. The van der Waals surface area contributed by atoms with Crippen LogP contribution in [0.5, 0.6) is 5.19 Å². The number of ether oxygens (including phenoxy) is 1. The molecule has 0 amide bonds. The van der Waals surface area contributed by atoms with Crippen molar-refractivity contribution in [1.82, 2.24) is 9.78 Å². The summed E-state index contributed by atoms with van der Waals surface area (Å²) >= 11 is 0.765. The Morgan fingerprint density at radius 2 is 2.23 bits per heavy atom. The number of hydrogen-bond donors (Lipinski definition) is 0. The van der Waals surface area contributed by atoms with Gasteiger partial charge >= 0.3 is 4.87 Å². The molecular weight excluding hydrogens is 216 g/mol. The van der Waals surface area contributed by atoms with Gasteiger partial charge in [0.15, 0.2) is 9.84 Å². The first-order chi connectivity index (χ1) is 5.92. The number of methoxy groups -OCH3 is 1. The summed E-state index contributed by atoms with van der Waals surface area (Å²) in [5.74, 6) is -0.411. The van der Waals surface area contributed by atoms with Crippen LogP contribution in [0.4, 0.5) is 0 Å². The van der Waals surface area contributed by atoms with Crippen LogP contribution in [-0.2, 0) is 15.7 Å². The Bertz CT molecular complexity index is 443. The first-order valence-corrected chi connectivity index (χ1v) is 6.10. The third-order valence-electron chi connectivity index (χ3n) is 1.12. The van der Waals surface area contributed by atoms with Crippen molar-refractivity contribution in [3.63, 3.8) is 0 Å². The molecule has 1 aromatic rings. The smallest absolute Gasteiger partial charge is 0.329 e. The van der Waals surface area contributed by atoms with Gasteiger partial charge in [-0.15, -0.1) is 5.10 Å². The van der Waals surface area contributed by atoms with E-state index in [0.717, 1.165) is 22.3 Å². The molecule has 74 valence electrons. The first-order valence-electron chi connectivity index (χ1n) is 3.22. The minimum atomic E-state index is -3.24. The molecular formula is C5H8N2O4S2. The second kappa shape index (κ2) is 3.46. The molecule has 0 radical (unpaired) electrons. The van der Waals surface area contributed by atoms with Crippen molar-refractivity contribution < 1.29 is 13.2 Å². The third-order valence-corrected chi connectivity index (χ3v) is 2.64. The lowest BCUT2D eigenvalue weighted by atomic mass is 11.2. The fraction of sp³-hybridized carbons (Fsp3) is 0.600. The molecule has 0 bridgehead atoms. The van der Waals surface area contributed by atoms with E-state index >= 15 is 0 Å². The molecule has 0 atom stereocenters. The number of hydrogen-bond acceptors (Lipinski definition) is 6. The van der Waals surface area contributed by atoms with E-state index in [1.807, 2.05) is 0 Å². The zero-order valence-electron chi connectivity index (χ0n) is 7.05. The van der Waals surface area contributed by atoms with E-state index in [2.05, 4.69) is 9.84 Å². The van der Waals surface area contributed by atoms with Gasteiger partial charge in [-0.25, -0.2) is 13.1 Å². The van der Waals surface area contributed by atoms with Crippen molar-refractivity contribution in [1.29, 1.82) is 0 Å². The molecule has 0 aliphatic heterocycles. The van der Waals surface area contributed by atoms with Gasteiger partial charge in [0, 0.05) is 6.26 Å². The van der Waals surface area contributed by atoms with Gasteiger partial charge < -0.3 is 4.74 Å². The van der Waals surface area contributed by atoms with E-state index in [1.54, 1.807) is 0 Å². The molecule has 13 heavy (non-hydrogen) atoms. The third kappa shape index (κ3) is 2.81. The molecule has 0 N–H and O–H groups in total. The van der Waals surface area contributed by atoms with E-state index in [0.29, 0.717) is 0 Å². The van der Waals surface area contributed by atoms with E-state index in [4.69, 9.17) is 0 Å². The predicted molar refractivity (Wildman–Crippen MR) is 47.8 cm³/mol. The maximum atomic E-state index is 11.1. The molecule has 0 aliphatic carbocycles. The molecule has 1 rings (SSSR count). The molecule has 1 heterocycles. The molecule has 0 aliphatic rings. The number of sulfone groups is 1. The van der Waals surface area contributed by atoms with E-state index < -0.39 is 20.6 Å². The summed E-state index contributed by atoms with van der Waals surface area (Å²) in [5, 5.41) is 3.80. The van der Waals surface area contributed by atoms with E-state index in [1.165, 1.54) is 7.11 Å².